The van der Waals surface area contributed by atoms with E-state index in [-0.39, 0.29) is 6.10 Å². The molecular weight excluding hydrogens is 314 g/mol. The van der Waals surface area contributed by atoms with Crippen molar-refractivity contribution >= 4 is 5.95 Å². The van der Waals surface area contributed by atoms with Crippen LogP contribution in [0.5, 0.6) is 0 Å². The van der Waals surface area contributed by atoms with E-state index in [0.717, 1.165) is 36.1 Å². The van der Waals surface area contributed by atoms with E-state index in [9.17, 15) is 0 Å². The normalized spacial score (nSPS) is 16.3. The molecule has 2 heterocycles. The van der Waals surface area contributed by atoms with Gasteiger partial charge in [0.1, 0.15) is 0 Å². The van der Waals surface area contributed by atoms with Crippen LogP contribution in [-0.2, 0) is 18.3 Å². The molecule has 0 bridgehead atoms. The molecule has 1 atom stereocenters. The molecule has 6 nitrogen and oxygen atoms in total. The summed E-state index contributed by atoms with van der Waals surface area (Å²) in [4.78, 5) is 11.4. The Hall–Kier alpha value is -1.95. The van der Waals surface area contributed by atoms with Gasteiger partial charge in [-0.1, -0.05) is 12.8 Å². The fourth-order valence-electron chi connectivity index (χ4n) is 3.78. The standard InChI is InChI=1S/C19H29N5O/c1-14-9-10-20-19(21-14)24(12-17-11-15(2)22-23(17)3)13-18(25-4)16-7-5-6-8-16/h9-11,16,18H,5-8,12-13H2,1-4H3. The number of anilines is 1. The SMILES string of the molecule is COC(CN(Cc1cc(C)nn1C)c1nccc(C)n1)C1CCCC1. The van der Waals surface area contributed by atoms with Crippen LogP contribution in [0.4, 0.5) is 5.95 Å². The van der Waals surface area contributed by atoms with Crippen LogP contribution in [0, 0.1) is 19.8 Å². The minimum Gasteiger partial charge on any atom is -0.379 e. The molecule has 1 saturated carbocycles. The molecule has 0 saturated heterocycles. The van der Waals surface area contributed by atoms with Crippen LogP contribution in [0.15, 0.2) is 18.3 Å². The molecule has 0 aliphatic heterocycles. The van der Waals surface area contributed by atoms with Gasteiger partial charge in [0, 0.05) is 32.6 Å². The second-order valence-electron chi connectivity index (χ2n) is 7.10. The average molecular weight is 343 g/mol. The van der Waals surface area contributed by atoms with Gasteiger partial charge in [0.15, 0.2) is 0 Å². The predicted octanol–water partition coefficient (Wildman–Crippen LogP) is 3.04. The molecule has 0 aromatic carbocycles. The van der Waals surface area contributed by atoms with Gasteiger partial charge in [-0.3, -0.25) is 4.68 Å². The zero-order valence-electron chi connectivity index (χ0n) is 15.8. The first kappa shape index (κ1) is 17.9. The Bertz CT molecular complexity index is 693. The molecule has 0 spiro atoms. The lowest BCUT2D eigenvalue weighted by molar-refractivity contribution is 0.0590. The number of hydrogen-bond donors (Lipinski definition) is 0. The summed E-state index contributed by atoms with van der Waals surface area (Å²) in [5.41, 5.74) is 3.16. The molecule has 0 radical (unpaired) electrons. The second-order valence-corrected chi connectivity index (χ2v) is 7.10. The van der Waals surface area contributed by atoms with Crippen molar-refractivity contribution in [2.75, 3.05) is 18.6 Å². The summed E-state index contributed by atoms with van der Waals surface area (Å²) < 4.78 is 7.81. The number of aromatic nitrogens is 4. The first-order chi connectivity index (χ1) is 12.1. The highest BCUT2D eigenvalue weighted by Gasteiger charge is 2.28. The van der Waals surface area contributed by atoms with Gasteiger partial charge in [0.05, 0.1) is 24.0 Å². The maximum absolute atomic E-state index is 5.87. The lowest BCUT2D eigenvalue weighted by atomic mass is 10.00. The number of rotatable bonds is 7. The van der Waals surface area contributed by atoms with E-state index in [1.807, 2.05) is 44.9 Å². The third-order valence-corrected chi connectivity index (χ3v) is 5.15. The number of aryl methyl sites for hydroxylation is 3. The topological polar surface area (TPSA) is 56.1 Å². The van der Waals surface area contributed by atoms with E-state index in [1.165, 1.54) is 25.7 Å². The third-order valence-electron chi connectivity index (χ3n) is 5.15. The lowest BCUT2D eigenvalue weighted by Crippen LogP contribution is -2.38. The summed E-state index contributed by atoms with van der Waals surface area (Å²) >= 11 is 0. The van der Waals surface area contributed by atoms with Crippen molar-refractivity contribution in [1.29, 1.82) is 0 Å². The molecule has 25 heavy (non-hydrogen) atoms. The van der Waals surface area contributed by atoms with Crippen LogP contribution in [0.2, 0.25) is 0 Å². The van der Waals surface area contributed by atoms with Crippen LogP contribution in [0.3, 0.4) is 0 Å². The molecule has 6 heteroatoms. The monoisotopic (exact) mass is 343 g/mol. The predicted molar refractivity (Wildman–Crippen MR) is 98.5 cm³/mol. The molecule has 2 aromatic heterocycles. The van der Waals surface area contributed by atoms with Gasteiger partial charge >= 0.3 is 0 Å². The van der Waals surface area contributed by atoms with E-state index < -0.39 is 0 Å². The number of methoxy groups -OCH3 is 1. The third kappa shape index (κ3) is 4.37. The van der Waals surface area contributed by atoms with Crippen LogP contribution < -0.4 is 4.90 Å². The van der Waals surface area contributed by atoms with Crippen LogP contribution >= 0.6 is 0 Å². The maximum Gasteiger partial charge on any atom is 0.225 e. The van der Waals surface area contributed by atoms with Crippen molar-refractivity contribution < 1.29 is 4.74 Å². The second kappa shape index (κ2) is 7.95. The highest BCUT2D eigenvalue weighted by atomic mass is 16.5. The first-order valence-corrected chi connectivity index (χ1v) is 9.13. The molecule has 0 amide bonds. The summed E-state index contributed by atoms with van der Waals surface area (Å²) in [6.07, 6.45) is 7.17. The minimum absolute atomic E-state index is 0.209. The van der Waals surface area contributed by atoms with Crippen LogP contribution in [0.25, 0.3) is 0 Å². The lowest BCUT2D eigenvalue weighted by Gasteiger charge is -2.30. The van der Waals surface area contributed by atoms with Crippen LogP contribution in [0.1, 0.15) is 42.8 Å². The summed E-state index contributed by atoms with van der Waals surface area (Å²) in [6, 6.07) is 4.06. The van der Waals surface area contributed by atoms with Crippen molar-refractivity contribution in [3.8, 4) is 0 Å². The summed E-state index contributed by atoms with van der Waals surface area (Å²) in [5, 5.41) is 4.47. The molecule has 0 N–H and O–H groups in total. The zero-order chi connectivity index (χ0) is 17.8. The van der Waals surface area contributed by atoms with Crippen LogP contribution in [-0.4, -0.2) is 39.5 Å². The quantitative estimate of drug-likeness (QED) is 0.773. The van der Waals surface area contributed by atoms with E-state index in [0.29, 0.717) is 5.92 Å². The van der Waals surface area contributed by atoms with E-state index in [1.54, 1.807) is 0 Å². The molecule has 1 aliphatic rings. The van der Waals surface area contributed by atoms with Gasteiger partial charge in [-0.15, -0.1) is 0 Å². The van der Waals surface area contributed by atoms with Gasteiger partial charge in [-0.2, -0.15) is 5.10 Å². The van der Waals surface area contributed by atoms with Crippen molar-refractivity contribution in [3.05, 3.63) is 35.4 Å². The number of nitrogens with zero attached hydrogens (tertiary/aromatic N) is 5. The Kier molecular flexibility index (Phi) is 5.68. The largest absolute Gasteiger partial charge is 0.379 e. The zero-order valence-corrected chi connectivity index (χ0v) is 15.8. The Morgan fingerprint density at radius 1 is 1.28 bits per heavy atom. The first-order valence-electron chi connectivity index (χ1n) is 9.13. The average Bonchev–Trinajstić information content (AvgIpc) is 3.21. The van der Waals surface area contributed by atoms with Crippen molar-refractivity contribution in [2.45, 2.75) is 52.2 Å². The van der Waals surface area contributed by atoms with Gasteiger partial charge < -0.3 is 9.64 Å². The Morgan fingerprint density at radius 3 is 2.64 bits per heavy atom. The Morgan fingerprint density at radius 2 is 2.04 bits per heavy atom. The Labute approximate surface area is 150 Å². The fourth-order valence-corrected chi connectivity index (χ4v) is 3.78. The van der Waals surface area contributed by atoms with Crippen molar-refractivity contribution in [2.24, 2.45) is 13.0 Å². The summed E-state index contributed by atoms with van der Waals surface area (Å²) in [5.74, 6) is 1.39. The molecule has 1 unspecified atom stereocenters. The van der Waals surface area contributed by atoms with E-state index in [2.05, 4.69) is 26.0 Å². The smallest absolute Gasteiger partial charge is 0.225 e. The summed E-state index contributed by atoms with van der Waals surface area (Å²) in [6.45, 7) is 5.55. The molecule has 1 fully saturated rings. The minimum atomic E-state index is 0.209. The van der Waals surface area contributed by atoms with E-state index >= 15 is 0 Å². The molecule has 2 aromatic rings. The fraction of sp³-hybridized carbons (Fsp3) is 0.632. The maximum atomic E-state index is 5.87. The highest BCUT2D eigenvalue weighted by Crippen LogP contribution is 2.30. The van der Waals surface area contributed by atoms with Crippen molar-refractivity contribution in [1.82, 2.24) is 19.7 Å². The summed E-state index contributed by atoms with van der Waals surface area (Å²) in [7, 11) is 3.81. The van der Waals surface area contributed by atoms with Gasteiger partial charge in [-0.05, 0) is 44.7 Å². The molecule has 136 valence electrons. The van der Waals surface area contributed by atoms with E-state index in [4.69, 9.17) is 4.74 Å². The number of ether oxygens (including phenoxy) is 1. The molecular formula is C19H29N5O. The van der Waals surface area contributed by atoms with Gasteiger partial charge in [-0.25, -0.2) is 9.97 Å². The number of hydrogen-bond acceptors (Lipinski definition) is 5. The van der Waals surface area contributed by atoms with Crippen molar-refractivity contribution in [3.63, 3.8) is 0 Å². The molecule has 1 aliphatic carbocycles. The highest BCUT2D eigenvalue weighted by molar-refractivity contribution is 5.32. The Balaban J connectivity index is 1.84. The molecule has 3 rings (SSSR count). The van der Waals surface area contributed by atoms with Gasteiger partial charge in [0.2, 0.25) is 5.95 Å². The van der Waals surface area contributed by atoms with Gasteiger partial charge in [0.25, 0.3) is 0 Å².